The van der Waals surface area contributed by atoms with E-state index in [1.165, 1.54) is 37.8 Å². The van der Waals surface area contributed by atoms with Crippen LogP contribution < -0.4 is 43.4 Å². The molecule has 3 heterocycles. The fourth-order valence-corrected chi connectivity index (χ4v) is 27.7. The predicted molar refractivity (Wildman–Crippen MR) is 486 cm³/mol. The number of unbranched alkanes of at least 4 members (excludes halogenated alkanes) is 2. The Labute approximate surface area is 748 Å². The molecule has 0 aromatic heterocycles. The number of rotatable bonds is 43. The Morgan fingerprint density at radius 2 is 0.786 bits per heavy atom. The number of nitrogens with zero attached hydrogens (tertiary/aromatic N) is 2. The summed E-state index contributed by atoms with van der Waals surface area (Å²) in [6.07, 6.45) is 4.86. The van der Waals surface area contributed by atoms with Crippen LogP contribution in [0.1, 0.15) is 208 Å². The SMILES string of the molecule is C=C.C=C(CC(=O)O)C(=O)NCNC(=O)C(=C)CC(=O)O.C=C(CC(=O)O)C(=O)NCNC(=O)C(=C)CC(=O)O.C=C1CC(=O)OC1=O.CC(C)COCC(C)C.CCC(C)(CC(=O)O)C(=O)NCNC(=O)C(C)(CC)CC(=O)O.CCC1(C)CC(=O)N(CN2C(=O)CC(C)(CC)C2=O)C1=O.CCCC[Si](C)(C)O[Si](C)(C)[Si](C)(C)CCCC.CO.CO.NCN.[2HH]. The third kappa shape index (κ3) is 57.5. The van der Waals surface area contributed by atoms with E-state index in [-0.39, 0.29) is 118 Å². The maximum Gasteiger partial charge on any atom is 0.341 e. The number of carbonyl (C=O) groups excluding carboxylic acids is 12. The van der Waals surface area contributed by atoms with E-state index in [1.807, 2.05) is 13.8 Å². The number of amides is 10. The van der Waals surface area contributed by atoms with Gasteiger partial charge >= 0.3 is 47.8 Å². The molecule has 0 radical (unpaired) electrons. The van der Waals surface area contributed by atoms with Gasteiger partial charge in [-0.1, -0.05) is 175 Å². The van der Waals surface area contributed by atoms with Crippen molar-refractivity contribution < 1.29 is 142 Å². The molecule has 4 atom stereocenters. The van der Waals surface area contributed by atoms with Crippen LogP contribution in [-0.4, -0.2) is 242 Å². The molecule has 0 bridgehead atoms. The largest absolute Gasteiger partial charge is 0.481 e. The molecule has 42 heteroatoms. The Morgan fingerprint density at radius 3 is 0.992 bits per heavy atom. The third-order valence-corrected chi connectivity index (χ3v) is 41.4. The van der Waals surface area contributed by atoms with Crippen molar-refractivity contribution in [2.75, 3.05) is 60.8 Å². The number of cyclic esters (lactones) is 2. The number of likely N-dealkylation sites (tertiary alicyclic amines) is 2. The Kier molecular flexibility index (Phi) is 71.1. The molecule has 0 spiro atoms. The van der Waals surface area contributed by atoms with Gasteiger partial charge in [0.15, 0.2) is 16.2 Å². The number of hydrogen-bond acceptors (Lipinski definition) is 25. The van der Waals surface area contributed by atoms with E-state index in [0.29, 0.717) is 37.5 Å². The topological polar surface area (TPSA) is 627 Å². The molecule has 0 aromatic rings. The predicted octanol–water partition coefficient (Wildman–Crippen LogP) is 7.99. The molecule has 39 nitrogen and oxygen atoms in total. The molecule has 3 saturated heterocycles. The summed E-state index contributed by atoms with van der Waals surface area (Å²) < 4.78 is 16.3. The lowest BCUT2D eigenvalue weighted by molar-refractivity contribution is -0.153. The van der Waals surface area contributed by atoms with E-state index in [0.717, 1.165) is 37.2 Å². The Bertz CT molecular complexity index is 3360. The summed E-state index contributed by atoms with van der Waals surface area (Å²) in [5.74, 6) is -11.7. The zero-order valence-corrected chi connectivity index (χ0v) is 81.7. The zero-order valence-electron chi connectivity index (χ0n) is 78.7. The number of hydrogen-bond donors (Lipinski definition) is 16. The van der Waals surface area contributed by atoms with Gasteiger partial charge in [0.25, 0.3) is 0 Å². The van der Waals surface area contributed by atoms with Crippen molar-refractivity contribution in [3.8, 4) is 0 Å². The van der Waals surface area contributed by atoms with E-state index in [4.69, 9.17) is 49.7 Å². The maximum absolute atomic E-state index is 12.4. The fraction of sp³-hybridized carbons (Fsp3) is 0.643. The molecule has 3 aliphatic heterocycles. The molecular formula is C84H154N10O29Si3. The normalized spacial score (nSPS) is 15.6. The summed E-state index contributed by atoms with van der Waals surface area (Å²) >= 11 is 0. The van der Waals surface area contributed by atoms with Crippen molar-refractivity contribution in [2.24, 2.45) is 45.0 Å². The number of nitrogens with one attached hydrogen (secondary N) is 6. The van der Waals surface area contributed by atoms with Gasteiger partial charge in [-0.25, -0.2) is 4.79 Å². The summed E-state index contributed by atoms with van der Waals surface area (Å²) in [5.41, 5.74) is 5.30. The number of nitrogens with two attached hydrogens (primary N) is 2. The molecule has 0 aromatic carbocycles. The average Bonchev–Trinajstić information content (AvgIpc) is 1.63. The Balaban J connectivity index is -0.000000183. The van der Waals surface area contributed by atoms with Crippen LogP contribution in [-0.2, 0) is 99.9 Å². The lowest BCUT2D eigenvalue weighted by Gasteiger charge is -2.43. The summed E-state index contributed by atoms with van der Waals surface area (Å²) in [4.78, 5) is 203. The van der Waals surface area contributed by atoms with Gasteiger partial charge in [-0.05, 0) is 69.8 Å². The lowest BCUT2D eigenvalue weighted by atomic mass is 9.82. The van der Waals surface area contributed by atoms with Gasteiger partial charge in [-0.2, -0.15) is 0 Å². The van der Waals surface area contributed by atoms with Crippen LogP contribution in [0.4, 0.5) is 0 Å². The van der Waals surface area contributed by atoms with E-state index in [1.54, 1.807) is 41.5 Å². The minimum atomic E-state index is -1.45. The third-order valence-electron chi connectivity index (χ3n) is 19.2. The van der Waals surface area contributed by atoms with Crippen LogP contribution in [0.3, 0.4) is 0 Å². The molecule has 3 aliphatic rings. The molecule has 3 fully saturated rings. The minimum absolute atomic E-state index is 0. The first-order valence-corrected chi connectivity index (χ1v) is 51.1. The quantitative estimate of drug-likeness (QED) is 0.00523. The second-order valence-corrected chi connectivity index (χ2v) is 52.2. The van der Waals surface area contributed by atoms with Crippen molar-refractivity contribution in [1.82, 2.24) is 41.7 Å². The highest BCUT2D eigenvalue weighted by Crippen LogP contribution is 2.39. The first-order valence-electron chi connectivity index (χ1n) is 40.9. The van der Waals surface area contributed by atoms with Gasteiger partial charge in [0.05, 0.1) is 94.2 Å². The Hall–Kier alpha value is -10.1. The van der Waals surface area contributed by atoms with Gasteiger partial charge in [0, 0.05) is 76.2 Å². The molecule has 0 aliphatic carbocycles. The van der Waals surface area contributed by atoms with E-state index >= 15 is 0 Å². The summed E-state index contributed by atoms with van der Waals surface area (Å²) in [7, 11) is -2.01. The maximum atomic E-state index is 12.4. The van der Waals surface area contributed by atoms with E-state index < -0.39 is 154 Å². The van der Waals surface area contributed by atoms with Crippen molar-refractivity contribution in [3.05, 3.63) is 73.9 Å². The molecule has 10 amide bonds. The first kappa shape index (κ1) is 131. The molecule has 4 unspecified atom stereocenters. The number of carboxylic acid groups (broad SMARTS) is 6. The fourth-order valence-electron chi connectivity index (χ4n) is 10.3. The average molecular weight is 1850 g/mol. The lowest BCUT2D eigenvalue weighted by Crippen LogP contribution is -2.61. The highest BCUT2D eigenvalue weighted by atomic mass is 29.3. The number of aliphatic hydroxyl groups is 2. The summed E-state index contributed by atoms with van der Waals surface area (Å²) in [5, 5.41) is 79.2. The molecule has 0 saturated carbocycles. The van der Waals surface area contributed by atoms with Gasteiger partial charge in [0.2, 0.25) is 59.1 Å². The van der Waals surface area contributed by atoms with Crippen LogP contribution in [0, 0.1) is 33.5 Å². The molecular weight excluding hydrogens is 1700 g/mol. The van der Waals surface area contributed by atoms with Gasteiger partial charge in [0.1, 0.15) is 6.67 Å². The number of carboxylic acids is 6. The monoisotopic (exact) mass is 1850 g/mol. The van der Waals surface area contributed by atoms with Gasteiger partial charge in [-0.3, -0.25) is 91.3 Å². The van der Waals surface area contributed by atoms with Crippen LogP contribution >= 0.6 is 0 Å². The number of aliphatic hydroxyl groups excluding tert-OH is 2. The van der Waals surface area contributed by atoms with Crippen molar-refractivity contribution in [2.45, 2.75) is 257 Å². The van der Waals surface area contributed by atoms with Gasteiger partial charge in [-0.15, -0.1) is 13.2 Å². The summed E-state index contributed by atoms with van der Waals surface area (Å²) in [6.45, 7) is 65.4. The number of carbonyl (C=O) groups is 18. The van der Waals surface area contributed by atoms with Crippen LogP contribution in [0.25, 0.3) is 0 Å². The van der Waals surface area contributed by atoms with Crippen molar-refractivity contribution in [1.29, 1.82) is 0 Å². The van der Waals surface area contributed by atoms with E-state index in [2.05, 4.69) is 175 Å². The molecule has 726 valence electrons. The van der Waals surface area contributed by atoms with E-state index in [9.17, 15) is 86.3 Å². The number of aliphatic carboxylic acids is 6. The van der Waals surface area contributed by atoms with Crippen LogP contribution in [0.15, 0.2) is 73.9 Å². The van der Waals surface area contributed by atoms with Crippen molar-refractivity contribution in [3.63, 3.8) is 0 Å². The summed E-state index contributed by atoms with van der Waals surface area (Å²) in [6, 6.07) is 2.80. The second-order valence-electron chi connectivity index (χ2n) is 32.4. The molecule has 3 rings (SSSR count). The molecule has 18 N–H and O–H groups in total. The number of imide groups is 2. The number of ether oxygens (including phenoxy) is 2. The Morgan fingerprint density at radius 1 is 0.508 bits per heavy atom. The van der Waals surface area contributed by atoms with Crippen LogP contribution in [0.5, 0.6) is 0 Å². The van der Waals surface area contributed by atoms with Crippen LogP contribution in [0.2, 0.25) is 51.4 Å². The van der Waals surface area contributed by atoms with Gasteiger partial charge < -0.3 is 97.8 Å². The second kappa shape index (κ2) is 68.2. The molecule has 126 heavy (non-hydrogen) atoms. The minimum Gasteiger partial charge on any atom is -0.481 e. The standard InChI is InChI=1S/C15H26N2O6.C15H22N2O4.C14H36OSi3.2C11H14N2O6.C8H18O.C5H4O3.C2H4.CH6N2.2CH4O.H2/c1-5-14(3,7-10(18)19)12(22)16-9-17-13(23)15(4,6-2)8-11(20)21;1-5-14(3)7-10(18)16(12(14)20)9-17-11(19)8-15(4,6-2)13(17)21;1-9-11-13-16(3,4)15-18(7,8)17(5,6)14-12-10-2;2*1-6(3-8(14)15)10(18)12-5-13-11(19)7(2)4-9(16)17;1-7(2)5-9-6-8(3)4;1-3-2-4(6)8-5(3)7;1-2;2-1-3;2*1-2;/h5-9H2,1-4H3,(H,16,22)(H,17,23)(H,18,19)(H,20,21);5-9H2,1-4H3;9-14H2,1-8H3;2*1-5H2,(H,12,18)(H,13,19)(H,14,15)(H,16,17);7-8H,5-6H2,1-4H3;1-2H2;1-2H2;1-3H2;2*2H,1H3;1H/i;;;;;;;;;;;1+1. The zero-order chi connectivity index (χ0) is 101. The smallest absolute Gasteiger partial charge is 0.341 e. The van der Waals surface area contributed by atoms with Crippen molar-refractivity contribution >= 4 is 131 Å². The highest BCUT2D eigenvalue weighted by Gasteiger charge is 2.52. The number of esters is 2. The first-order chi connectivity index (χ1) is 58.0. The highest BCUT2D eigenvalue weighted by molar-refractivity contribution is 7.39.